The van der Waals surface area contributed by atoms with E-state index in [0.29, 0.717) is 6.54 Å². The molecular weight excluding hydrogens is 374 g/mol. The third-order valence-corrected chi connectivity index (χ3v) is 5.69. The zero-order chi connectivity index (χ0) is 21.3. The van der Waals surface area contributed by atoms with Crippen molar-refractivity contribution in [1.82, 2.24) is 9.88 Å². The summed E-state index contributed by atoms with van der Waals surface area (Å²) in [6.07, 6.45) is 4.83. The lowest BCUT2D eigenvalue weighted by Gasteiger charge is -2.13. The van der Waals surface area contributed by atoms with Crippen LogP contribution in [0.1, 0.15) is 31.2 Å². The van der Waals surface area contributed by atoms with Crippen LogP contribution in [0.3, 0.4) is 0 Å². The second-order valence-corrected chi connectivity index (χ2v) is 7.69. The van der Waals surface area contributed by atoms with Crippen LogP contribution in [0.2, 0.25) is 0 Å². The average Bonchev–Trinajstić information content (AvgIpc) is 3.06. The van der Waals surface area contributed by atoms with Crippen molar-refractivity contribution in [2.24, 2.45) is 5.73 Å². The molecule has 0 aliphatic carbocycles. The number of aromatic nitrogens is 1. The molecule has 0 aliphatic heterocycles. The van der Waals surface area contributed by atoms with Crippen LogP contribution in [0, 0.1) is 6.92 Å². The predicted molar refractivity (Wildman–Crippen MR) is 126 cm³/mol. The molecule has 1 heterocycles. The molecule has 3 rings (SSSR count). The van der Waals surface area contributed by atoms with Crippen molar-refractivity contribution in [1.29, 1.82) is 0 Å². The van der Waals surface area contributed by atoms with E-state index in [2.05, 4.69) is 47.1 Å². The molecule has 0 saturated heterocycles. The topological polar surface area (TPSA) is 61.4 Å². The first-order chi connectivity index (χ1) is 14.7. The number of benzene rings is 2. The maximum Gasteiger partial charge on any atom is 0.119 e. The quantitative estimate of drug-likeness (QED) is 0.424. The Kier molecular flexibility index (Phi) is 8.17. The monoisotopic (exact) mass is 409 g/mol. The van der Waals surface area contributed by atoms with Crippen LogP contribution in [-0.2, 0) is 6.54 Å². The van der Waals surface area contributed by atoms with E-state index in [4.69, 9.17) is 15.2 Å². The smallest absolute Gasteiger partial charge is 0.119 e. The number of hydrogen-bond acceptors (Lipinski definition) is 4. The normalized spacial score (nSPS) is 11.2. The minimum atomic E-state index is 0.707. The third-order valence-electron chi connectivity index (χ3n) is 5.69. The Bertz CT molecular complexity index is 932. The summed E-state index contributed by atoms with van der Waals surface area (Å²) in [6.45, 7) is 5.89. The molecule has 3 N–H and O–H groups in total. The van der Waals surface area contributed by atoms with Crippen molar-refractivity contribution in [2.45, 2.75) is 39.2 Å². The minimum absolute atomic E-state index is 0.707. The fourth-order valence-electron chi connectivity index (χ4n) is 4.08. The highest BCUT2D eigenvalue weighted by Gasteiger charge is 2.16. The molecule has 0 amide bonds. The molecule has 0 atom stereocenters. The molecule has 0 spiro atoms. The largest absolute Gasteiger partial charge is 0.497 e. The first-order valence-corrected chi connectivity index (χ1v) is 10.9. The van der Waals surface area contributed by atoms with E-state index < -0.39 is 0 Å². The summed E-state index contributed by atoms with van der Waals surface area (Å²) in [5.74, 6) is 1.78. The molecule has 1 aromatic heterocycles. The van der Waals surface area contributed by atoms with Crippen LogP contribution in [0.15, 0.2) is 42.5 Å². The number of aryl methyl sites for hydroxylation is 2. The van der Waals surface area contributed by atoms with E-state index in [0.717, 1.165) is 37.6 Å². The molecule has 5 nitrogen and oxygen atoms in total. The van der Waals surface area contributed by atoms with Gasteiger partial charge in [-0.1, -0.05) is 12.8 Å². The Hall–Kier alpha value is -2.50. The Balaban J connectivity index is 1.81. The third kappa shape index (κ3) is 5.15. The van der Waals surface area contributed by atoms with E-state index in [1.807, 2.05) is 12.1 Å². The highest BCUT2D eigenvalue weighted by Crippen LogP contribution is 2.36. The van der Waals surface area contributed by atoms with Gasteiger partial charge in [-0.3, -0.25) is 0 Å². The number of nitrogens with one attached hydrogen (secondary N) is 1. The van der Waals surface area contributed by atoms with E-state index in [-0.39, 0.29) is 0 Å². The summed E-state index contributed by atoms with van der Waals surface area (Å²) in [4.78, 5) is 0. The molecule has 30 heavy (non-hydrogen) atoms. The van der Waals surface area contributed by atoms with Crippen LogP contribution in [0.25, 0.3) is 22.2 Å². The van der Waals surface area contributed by atoms with Crippen LogP contribution < -0.4 is 20.5 Å². The highest BCUT2D eigenvalue weighted by molar-refractivity contribution is 5.92. The van der Waals surface area contributed by atoms with E-state index in [1.165, 1.54) is 47.0 Å². The summed E-state index contributed by atoms with van der Waals surface area (Å²) < 4.78 is 13.3. The second-order valence-electron chi connectivity index (χ2n) is 7.69. The van der Waals surface area contributed by atoms with Crippen LogP contribution in [-0.4, -0.2) is 38.4 Å². The molecule has 162 valence electrons. The number of methoxy groups -OCH3 is 2. The van der Waals surface area contributed by atoms with Gasteiger partial charge in [-0.25, -0.2) is 0 Å². The molecule has 0 aliphatic rings. The van der Waals surface area contributed by atoms with Crippen molar-refractivity contribution in [3.63, 3.8) is 0 Å². The SMILES string of the molecule is COc1ccc(-c2c(C)c3cc(OC)ccc3n2CCCCCCNCCN)cc1. The number of unbranched alkanes of at least 4 members (excludes halogenated alkanes) is 3. The van der Waals surface area contributed by atoms with Gasteiger partial charge in [-0.2, -0.15) is 0 Å². The van der Waals surface area contributed by atoms with Crippen molar-refractivity contribution in [3.8, 4) is 22.8 Å². The Labute approximate surface area is 180 Å². The molecular formula is C25H35N3O2. The van der Waals surface area contributed by atoms with Crippen LogP contribution >= 0.6 is 0 Å². The molecule has 0 radical (unpaired) electrons. The molecule has 0 saturated carbocycles. The second kappa shape index (κ2) is 11.0. The van der Waals surface area contributed by atoms with Crippen LogP contribution in [0.4, 0.5) is 0 Å². The van der Waals surface area contributed by atoms with Crippen molar-refractivity contribution >= 4 is 10.9 Å². The number of ether oxygens (including phenoxy) is 2. The Morgan fingerprint density at radius 3 is 2.27 bits per heavy atom. The lowest BCUT2D eigenvalue weighted by molar-refractivity contribution is 0.415. The van der Waals surface area contributed by atoms with Crippen molar-refractivity contribution < 1.29 is 9.47 Å². The first-order valence-electron chi connectivity index (χ1n) is 10.9. The number of nitrogens with two attached hydrogens (primary N) is 1. The maximum absolute atomic E-state index is 5.52. The summed E-state index contributed by atoms with van der Waals surface area (Å²) in [5, 5.41) is 4.63. The summed E-state index contributed by atoms with van der Waals surface area (Å²) in [7, 11) is 3.43. The van der Waals surface area contributed by atoms with Gasteiger partial charge in [0, 0.05) is 30.5 Å². The van der Waals surface area contributed by atoms with E-state index in [9.17, 15) is 0 Å². The van der Waals surface area contributed by atoms with E-state index in [1.54, 1.807) is 14.2 Å². The first kappa shape index (κ1) is 22.2. The fraction of sp³-hybridized carbons (Fsp3) is 0.440. The van der Waals surface area contributed by atoms with Gasteiger partial charge in [-0.15, -0.1) is 0 Å². The fourth-order valence-corrected chi connectivity index (χ4v) is 4.08. The molecule has 3 aromatic rings. The maximum atomic E-state index is 5.52. The van der Waals surface area contributed by atoms with Gasteiger partial charge < -0.3 is 25.1 Å². The zero-order valence-electron chi connectivity index (χ0n) is 18.5. The molecule has 0 fully saturated rings. The lowest BCUT2D eigenvalue weighted by Crippen LogP contribution is -2.23. The van der Waals surface area contributed by atoms with Gasteiger partial charge in [0.15, 0.2) is 0 Å². The standard InChI is InChI=1S/C25H35N3O2/c1-19-23-18-22(30-3)12-13-24(23)28(17-7-5-4-6-15-27-16-14-26)25(19)20-8-10-21(29-2)11-9-20/h8-13,18,27H,4-7,14-17,26H2,1-3H3. The Morgan fingerprint density at radius 2 is 1.57 bits per heavy atom. The summed E-state index contributed by atoms with van der Waals surface area (Å²) in [6, 6.07) is 14.8. The molecule has 0 bridgehead atoms. The predicted octanol–water partition coefficient (Wildman–Crippen LogP) is 4.74. The highest BCUT2D eigenvalue weighted by atomic mass is 16.5. The van der Waals surface area contributed by atoms with Gasteiger partial charge in [0.05, 0.1) is 19.9 Å². The van der Waals surface area contributed by atoms with Gasteiger partial charge in [0.2, 0.25) is 0 Å². The lowest BCUT2D eigenvalue weighted by atomic mass is 10.1. The van der Waals surface area contributed by atoms with Gasteiger partial charge in [0.25, 0.3) is 0 Å². The van der Waals surface area contributed by atoms with Crippen LogP contribution in [0.5, 0.6) is 11.5 Å². The van der Waals surface area contributed by atoms with Gasteiger partial charge in [0.1, 0.15) is 11.5 Å². The molecule has 2 aromatic carbocycles. The number of rotatable bonds is 12. The number of fused-ring (bicyclic) bond motifs is 1. The number of hydrogen-bond donors (Lipinski definition) is 2. The van der Waals surface area contributed by atoms with Gasteiger partial charge in [-0.05, 0) is 79.9 Å². The van der Waals surface area contributed by atoms with Crippen molar-refractivity contribution in [2.75, 3.05) is 33.9 Å². The summed E-state index contributed by atoms with van der Waals surface area (Å²) in [5.41, 5.74) is 10.6. The molecule has 0 unspecified atom stereocenters. The summed E-state index contributed by atoms with van der Waals surface area (Å²) >= 11 is 0. The van der Waals surface area contributed by atoms with Gasteiger partial charge >= 0.3 is 0 Å². The molecule has 5 heteroatoms. The van der Waals surface area contributed by atoms with Crippen molar-refractivity contribution in [3.05, 3.63) is 48.0 Å². The minimum Gasteiger partial charge on any atom is -0.497 e. The Morgan fingerprint density at radius 1 is 0.867 bits per heavy atom. The average molecular weight is 410 g/mol. The number of nitrogens with zero attached hydrogens (tertiary/aromatic N) is 1. The zero-order valence-corrected chi connectivity index (χ0v) is 18.5. The van der Waals surface area contributed by atoms with E-state index >= 15 is 0 Å².